The van der Waals surface area contributed by atoms with E-state index >= 15 is 0 Å². The van der Waals surface area contributed by atoms with Crippen LogP contribution in [0, 0.1) is 8.47 Å². The molecule has 0 bridgehead atoms. The van der Waals surface area contributed by atoms with Crippen LogP contribution >= 0.6 is 58.3 Å². The molecule has 0 radical (unpaired) electrons. The van der Waals surface area contributed by atoms with Crippen LogP contribution in [0.4, 0.5) is 17.5 Å². The SMILES string of the molecule is CB(O)Nc1cn2nc(I)ccc2n1.CB(O)Nc1cn2nc(Sc3nnc4ccccn34)ccc2n1.Nc1cn2nc(Sc3nnc4ccccn34)ccc2n1.S=c1[nH]nc2ccccn12. The van der Waals surface area contributed by atoms with E-state index in [9.17, 15) is 5.02 Å². The highest BCUT2D eigenvalue weighted by atomic mass is 127. The Balaban J connectivity index is 0.000000117. The second-order valence-electron chi connectivity index (χ2n) is 14.0. The number of hydrogen-bond acceptors (Lipinski definition) is 19. The number of aromatic nitrogens is 18. The van der Waals surface area contributed by atoms with Crippen LogP contribution in [0.2, 0.25) is 13.6 Å². The topological polar surface area (TPSA) is 275 Å². The molecule has 0 atom stereocenters. The van der Waals surface area contributed by atoms with Gasteiger partial charge in [-0.2, -0.15) is 20.4 Å². The van der Waals surface area contributed by atoms with Crippen LogP contribution in [-0.4, -0.2) is 112 Å². The van der Waals surface area contributed by atoms with Gasteiger partial charge in [0, 0.05) is 18.6 Å². The highest BCUT2D eigenvalue weighted by Crippen LogP contribution is 2.26. The molecule has 0 aromatic carbocycles. The molecule has 12 aromatic heterocycles. The molecule has 0 fully saturated rings. The van der Waals surface area contributed by atoms with E-state index in [1.165, 1.54) is 23.5 Å². The number of nitrogens with zero attached hydrogens (tertiary/aromatic N) is 17. The van der Waals surface area contributed by atoms with Gasteiger partial charge in [-0.1, -0.05) is 18.2 Å². The molecule has 0 spiro atoms. The summed E-state index contributed by atoms with van der Waals surface area (Å²) in [6, 6.07) is 28.5. The third kappa shape index (κ3) is 10.9. The molecule has 334 valence electrons. The lowest BCUT2D eigenvalue weighted by Crippen LogP contribution is -2.19. The molecule has 0 amide bonds. The first-order valence-corrected chi connectivity index (χ1v) is 23.0. The fourth-order valence-corrected chi connectivity index (χ4v) is 8.29. The van der Waals surface area contributed by atoms with Gasteiger partial charge < -0.3 is 26.2 Å². The normalized spacial score (nSPS) is 11.0. The number of nitrogens with one attached hydrogen (secondary N) is 3. The number of anilines is 3. The minimum atomic E-state index is -0.670. The lowest BCUT2D eigenvalue weighted by atomic mass is 9.89. The summed E-state index contributed by atoms with van der Waals surface area (Å²) in [5, 5.41) is 63.6. The lowest BCUT2D eigenvalue weighted by molar-refractivity contribution is 0.586. The van der Waals surface area contributed by atoms with Gasteiger partial charge in [0.05, 0.1) is 18.6 Å². The maximum absolute atomic E-state index is 9.35. The molecule has 29 heteroatoms. The summed E-state index contributed by atoms with van der Waals surface area (Å²) in [4.78, 5) is 12.7. The first-order chi connectivity index (χ1) is 32.5. The zero-order valence-electron chi connectivity index (χ0n) is 35.0. The van der Waals surface area contributed by atoms with E-state index in [4.69, 9.17) is 23.0 Å². The van der Waals surface area contributed by atoms with Gasteiger partial charge in [0.25, 0.3) is 0 Å². The molecular formula is C38H34B2IN21O2S3. The number of pyridine rings is 3. The number of halogens is 1. The molecular weight excluding hydrogens is 1030 g/mol. The lowest BCUT2D eigenvalue weighted by Gasteiger charge is -2.00. The van der Waals surface area contributed by atoms with Gasteiger partial charge in [-0.25, -0.2) is 28.5 Å². The number of rotatable bonds is 8. The minimum Gasteiger partial charge on any atom is -0.433 e. The van der Waals surface area contributed by atoms with Crippen LogP contribution in [0.5, 0.6) is 0 Å². The van der Waals surface area contributed by atoms with Gasteiger partial charge in [0.1, 0.15) is 31.2 Å². The van der Waals surface area contributed by atoms with Crippen LogP contribution in [0.3, 0.4) is 0 Å². The van der Waals surface area contributed by atoms with Crippen LogP contribution in [0.15, 0.2) is 149 Å². The highest BCUT2D eigenvalue weighted by Gasteiger charge is 2.13. The Labute approximate surface area is 405 Å². The van der Waals surface area contributed by atoms with E-state index in [0.717, 1.165) is 52.3 Å². The summed E-state index contributed by atoms with van der Waals surface area (Å²) in [6.45, 7) is 3.27. The third-order valence-electron chi connectivity index (χ3n) is 8.89. The van der Waals surface area contributed by atoms with Crippen molar-refractivity contribution >= 4 is 124 Å². The summed E-state index contributed by atoms with van der Waals surface area (Å²) in [7, 11) is -1.28. The highest BCUT2D eigenvalue weighted by molar-refractivity contribution is 14.1. The average molecular weight is 1060 g/mol. The smallest absolute Gasteiger partial charge is 0.408 e. The Kier molecular flexibility index (Phi) is 13.5. The van der Waals surface area contributed by atoms with Crippen molar-refractivity contribution < 1.29 is 10.0 Å². The van der Waals surface area contributed by atoms with E-state index < -0.39 is 14.1 Å². The fraction of sp³-hybridized carbons (Fsp3) is 0.0526. The molecule has 0 saturated carbocycles. The molecule has 67 heavy (non-hydrogen) atoms. The molecule has 12 heterocycles. The molecule has 0 aliphatic heterocycles. The maximum atomic E-state index is 9.35. The molecule has 7 N–H and O–H groups in total. The third-order valence-corrected chi connectivity index (χ3v) is 11.5. The summed E-state index contributed by atoms with van der Waals surface area (Å²) in [5.41, 5.74) is 10.3. The number of nitrogens with two attached hydrogens (primary N) is 1. The Morgan fingerprint density at radius 3 is 1.60 bits per heavy atom. The van der Waals surface area contributed by atoms with E-state index in [-0.39, 0.29) is 0 Å². The molecule has 0 saturated heterocycles. The average Bonchev–Trinajstić information content (AvgIpc) is 4.19. The number of fused-ring (bicyclic) bond motifs is 6. The number of nitrogen functional groups attached to an aromatic ring is 1. The Hall–Kier alpha value is -7.18. The second kappa shape index (κ2) is 20.1. The van der Waals surface area contributed by atoms with Crippen LogP contribution in [-0.2, 0) is 0 Å². The van der Waals surface area contributed by atoms with Gasteiger partial charge in [-0.05, 0) is 145 Å². The van der Waals surface area contributed by atoms with E-state index in [1.807, 2.05) is 123 Å². The van der Waals surface area contributed by atoms with Crippen LogP contribution in [0.25, 0.3) is 33.9 Å². The summed E-state index contributed by atoms with van der Waals surface area (Å²) < 4.78 is 12.2. The van der Waals surface area contributed by atoms with Crippen molar-refractivity contribution in [3.63, 3.8) is 0 Å². The quantitative estimate of drug-likeness (QED) is 0.0648. The minimum absolute atomic E-state index is 0.451. The zero-order chi connectivity index (χ0) is 46.4. The van der Waals surface area contributed by atoms with Crippen molar-refractivity contribution in [1.82, 2.24) is 87.6 Å². The predicted molar refractivity (Wildman–Crippen MR) is 266 cm³/mol. The first-order valence-electron chi connectivity index (χ1n) is 19.9. The number of aromatic amines is 1. The van der Waals surface area contributed by atoms with Gasteiger partial charge in [0.15, 0.2) is 38.7 Å². The molecule has 0 aliphatic carbocycles. The monoisotopic (exact) mass is 1060 g/mol. The van der Waals surface area contributed by atoms with Crippen molar-refractivity contribution in [3.8, 4) is 0 Å². The Morgan fingerprint density at radius 1 is 0.582 bits per heavy atom. The van der Waals surface area contributed by atoms with Crippen molar-refractivity contribution in [2.75, 3.05) is 16.2 Å². The van der Waals surface area contributed by atoms with Crippen molar-refractivity contribution in [2.45, 2.75) is 34.0 Å². The molecule has 0 aliphatic rings. The first kappa shape index (κ1) is 45.0. The van der Waals surface area contributed by atoms with Crippen molar-refractivity contribution in [1.29, 1.82) is 0 Å². The predicted octanol–water partition coefficient (Wildman–Crippen LogP) is 5.20. The number of hydrogen-bond donors (Lipinski definition) is 6. The zero-order valence-corrected chi connectivity index (χ0v) is 39.6. The summed E-state index contributed by atoms with van der Waals surface area (Å²) >= 11 is 9.92. The Bertz CT molecular complexity index is 3680. The fourth-order valence-electron chi connectivity index (χ4n) is 6.10. The van der Waals surface area contributed by atoms with Gasteiger partial charge in [-0.15, -0.1) is 20.4 Å². The van der Waals surface area contributed by atoms with E-state index in [2.05, 4.69) is 93.9 Å². The molecule has 0 unspecified atom stereocenters. The van der Waals surface area contributed by atoms with Crippen LogP contribution in [0.1, 0.15) is 0 Å². The van der Waals surface area contributed by atoms with Gasteiger partial charge in [0.2, 0.25) is 10.3 Å². The van der Waals surface area contributed by atoms with Gasteiger partial charge in [-0.3, -0.25) is 18.3 Å². The summed E-state index contributed by atoms with van der Waals surface area (Å²) in [5.74, 6) is 1.64. The molecule has 23 nitrogen and oxygen atoms in total. The van der Waals surface area contributed by atoms with Crippen molar-refractivity contribution in [2.24, 2.45) is 0 Å². The maximum Gasteiger partial charge on any atom is 0.408 e. The largest absolute Gasteiger partial charge is 0.433 e. The van der Waals surface area contributed by atoms with E-state index in [0.29, 0.717) is 27.9 Å². The standard InChI is InChI=1S/C13H12BN7OS.C12H9N7S.C7H8BIN4O.C6H5N3S/c1-14(22)16-9-8-21-10(15-9)5-6-12(19-21)23-13-18-17-11-4-2-3-7-20(11)13;13-8-7-19-9(14-8)4-5-11(17-19)20-12-16-15-10-3-1-2-6-18(10)12;1-8(14)11-6-4-13-7(10-6)3-2-5(9)12-13;10-6-8-7-5-3-1-2-4-9(5)6/h2-8,16,22H,1H3;1-7H,13H2;2-4,11,14H,1H3;1-4H,(H,8,10). The molecule has 12 aromatic rings. The summed E-state index contributed by atoms with van der Waals surface area (Å²) in [6.07, 6.45) is 10.9. The Morgan fingerprint density at radius 2 is 1.06 bits per heavy atom. The van der Waals surface area contributed by atoms with Crippen molar-refractivity contribution in [3.05, 3.63) is 137 Å². The van der Waals surface area contributed by atoms with Crippen LogP contribution < -0.4 is 16.2 Å². The van der Waals surface area contributed by atoms with E-state index in [1.54, 1.807) is 45.8 Å². The molecule has 12 rings (SSSR count). The van der Waals surface area contributed by atoms with Gasteiger partial charge >= 0.3 is 14.1 Å². The number of H-pyrrole nitrogens is 1. The second-order valence-corrected chi connectivity index (χ2v) is 17.4. The number of imidazole rings is 3.